The molecule has 110 valence electrons. The Labute approximate surface area is 120 Å². The van der Waals surface area contributed by atoms with Crippen molar-refractivity contribution >= 4 is 17.3 Å². The summed E-state index contributed by atoms with van der Waals surface area (Å²) in [4.78, 5) is 14.2. The third-order valence-electron chi connectivity index (χ3n) is 3.72. The number of carbonyl (C=O) groups is 1. The third-order valence-corrected chi connectivity index (χ3v) is 3.72. The van der Waals surface area contributed by atoms with E-state index in [2.05, 4.69) is 10.2 Å². The molecular weight excluding hydrogens is 254 g/mol. The summed E-state index contributed by atoms with van der Waals surface area (Å²) in [5.41, 5.74) is 7.10. The lowest BCUT2D eigenvalue weighted by Gasteiger charge is -2.30. The van der Waals surface area contributed by atoms with E-state index in [-0.39, 0.29) is 5.91 Å². The maximum absolute atomic E-state index is 11.9. The van der Waals surface area contributed by atoms with Gasteiger partial charge in [-0.25, -0.2) is 0 Å². The predicted molar refractivity (Wildman–Crippen MR) is 80.6 cm³/mol. The van der Waals surface area contributed by atoms with Crippen molar-refractivity contribution in [2.45, 2.75) is 25.4 Å². The van der Waals surface area contributed by atoms with Gasteiger partial charge in [-0.3, -0.25) is 4.79 Å². The second-order valence-electron chi connectivity index (χ2n) is 5.20. The number of nitrogens with two attached hydrogens (primary N) is 1. The molecule has 20 heavy (non-hydrogen) atoms. The van der Waals surface area contributed by atoms with E-state index < -0.39 is 0 Å². The fourth-order valence-electron chi connectivity index (χ4n) is 2.42. The Morgan fingerprint density at radius 1 is 1.35 bits per heavy atom. The van der Waals surface area contributed by atoms with Crippen LogP contribution in [0.1, 0.15) is 19.3 Å². The van der Waals surface area contributed by atoms with Gasteiger partial charge in [-0.05, 0) is 37.1 Å². The molecule has 1 amide bonds. The molecule has 0 spiro atoms. The van der Waals surface area contributed by atoms with Crippen molar-refractivity contribution in [2.24, 2.45) is 0 Å². The number of methoxy groups -OCH3 is 1. The number of carbonyl (C=O) groups excluding carboxylic acids is 1. The second-order valence-corrected chi connectivity index (χ2v) is 5.20. The Kier molecular flexibility index (Phi) is 5.38. The molecule has 5 nitrogen and oxygen atoms in total. The second kappa shape index (κ2) is 7.26. The lowest BCUT2D eigenvalue weighted by Crippen LogP contribution is -2.38. The molecule has 1 aromatic carbocycles. The number of amides is 1. The van der Waals surface area contributed by atoms with Gasteiger partial charge in [0.05, 0.1) is 6.10 Å². The van der Waals surface area contributed by atoms with Crippen LogP contribution in [0.15, 0.2) is 24.3 Å². The van der Waals surface area contributed by atoms with Crippen LogP contribution in [-0.2, 0) is 9.53 Å². The van der Waals surface area contributed by atoms with Crippen LogP contribution in [-0.4, -0.2) is 43.7 Å². The largest absolute Gasteiger partial charge is 0.399 e. The number of nitrogens with one attached hydrogen (secondary N) is 1. The molecule has 0 bridgehead atoms. The van der Waals surface area contributed by atoms with E-state index >= 15 is 0 Å². The highest BCUT2D eigenvalue weighted by Crippen LogP contribution is 2.14. The molecule has 0 aromatic heterocycles. The van der Waals surface area contributed by atoms with Gasteiger partial charge < -0.3 is 20.7 Å². The minimum Gasteiger partial charge on any atom is -0.399 e. The summed E-state index contributed by atoms with van der Waals surface area (Å²) in [6.45, 7) is 2.82. The molecule has 0 unspecified atom stereocenters. The van der Waals surface area contributed by atoms with Gasteiger partial charge in [0.2, 0.25) is 5.91 Å². The number of hydrogen-bond donors (Lipinski definition) is 2. The highest BCUT2D eigenvalue weighted by molar-refractivity contribution is 5.90. The molecule has 0 radical (unpaired) electrons. The standard InChI is InChI=1S/C15H23N3O2/c1-20-14-6-9-18(10-7-14)11-8-15(19)17-13-4-2-12(16)3-5-13/h2-5,14H,6-11,16H2,1H3,(H,17,19). The van der Waals surface area contributed by atoms with Crippen LogP contribution < -0.4 is 11.1 Å². The van der Waals surface area contributed by atoms with E-state index in [1.165, 1.54) is 0 Å². The minimum atomic E-state index is 0.0450. The van der Waals surface area contributed by atoms with Crippen molar-refractivity contribution in [3.8, 4) is 0 Å². The Balaban J connectivity index is 1.69. The molecule has 3 N–H and O–H groups in total. The van der Waals surface area contributed by atoms with Gasteiger partial charge in [-0.1, -0.05) is 0 Å². The quantitative estimate of drug-likeness (QED) is 0.804. The van der Waals surface area contributed by atoms with Crippen molar-refractivity contribution in [1.82, 2.24) is 4.90 Å². The first kappa shape index (κ1) is 14.8. The Hall–Kier alpha value is -1.59. The molecule has 2 rings (SSSR count). The van der Waals surface area contributed by atoms with Crippen LogP contribution in [0.3, 0.4) is 0 Å². The van der Waals surface area contributed by atoms with Crippen molar-refractivity contribution in [3.63, 3.8) is 0 Å². The van der Waals surface area contributed by atoms with Crippen LogP contribution in [0.4, 0.5) is 11.4 Å². The highest BCUT2D eigenvalue weighted by Gasteiger charge is 2.18. The molecule has 1 heterocycles. The SMILES string of the molecule is COC1CCN(CCC(=O)Nc2ccc(N)cc2)CC1. The fraction of sp³-hybridized carbons (Fsp3) is 0.533. The van der Waals surface area contributed by atoms with Crippen molar-refractivity contribution in [1.29, 1.82) is 0 Å². The number of benzene rings is 1. The van der Waals surface area contributed by atoms with E-state index in [0.29, 0.717) is 18.2 Å². The lowest BCUT2D eigenvalue weighted by molar-refractivity contribution is -0.116. The normalized spacial score (nSPS) is 17.1. The summed E-state index contributed by atoms with van der Waals surface area (Å²) < 4.78 is 5.34. The van der Waals surface area contributed by atoms with Gasteiger partial charge in [0, 0.05) is 44.5 Å². The molecule has 0 saturated carbocycles. The van der Waals surface area contributed by atoms with Crippen molar-refractivity contribution in [3.05, 3.63) is 24.3 Å². The number of likely N-dealkylation sites (tertiary alicyclic amines) is 1. The predicted octanol–water partition coefficient (Wildman–Crippen LogP) is 1.71. The third kappa shape index (κ3) is 4.51. The summed E-state index contributed by atoms with van der Waals surface area (Å²) in [7, 11) is 1.76. The van der Waals surface area contributed by atoms with Crippen LogP contribution in [0.25, 0.3) is 0 Å². The first-order chi connectivity index (χ1) is 9.67. The molecule has 5 heteroatoms. The summed E-state index contributed by atoms with van der Waals surface area (Å²) in [5, 5.41) is 2.88. The van der Waals surface area contributed by atoms with E-state index in [4.69, 9.17) is 10.5 Å². The molecule has 1 saturated heterocycles. The first-order valence-corrected chi connectivity index (χ1v) is 7.08. The van der Waals surface area contributed by atoms with Crippen LogP contribution in [0.2, 0.25) is 0 Å². The molecule has 1 aromatic rings. The molecule has 1 aliphatic rings. The number of nitrogen functional groups attached to an aromatic ring is 1. The van der Waals surface area contributed by atoms with E-state index in [9.17, 15) is 4.79 Å². The van der Waals surface area contributed by atoms with Crippen LogP contribution in [0, 0.1) is 0 Å². The Bertz CT molecular complexity index is 425. The molecule has 0 atom stereocenters. The number of hydrogen-bond acceptors (Lipinski definition) is 4. The van der Waals surface area contributed by atoms with E-state index in [1.807, 2.05) is 12.1 Å². The van der Waals surface area contributed by atoms with Gasteiger partial charge in [-0.2, -0.15) is 0 Å². The highest BCUT2D eigenvalue weighted by atomic mass is 16.5. The monoisotopic (exact) mass is 277 g/mol. The molecule has 1 fully saturated rings. The van der Waals surface area contributed by atoms with Gasteiger partial charge in [-0.15, -0.1) is 0 Å². The Morgan fingerprint density at radius 3 is 2.60 bits per heavy atom. The van der Waals surface area contributed by atoms with Gasteiger partial charge in [0.1, 0.15) is 0 Å². The lowest BCUT2D eigenvalue weighted by atomic mass is 10.1. The summed E-state index contributed by atoms with van der Waals surface area (Å²) >= 11 is 0. The summed E-state index contributed by atoms with van der Waals surface area (Å²) in [5.74, 6) is 0.0450. The molecule has 0 aliphatic carbocycles. The number of nitrogens with zero attached hydrogens (tertiary/aromatic N) is 1. The zero-order valence-electron chi connectivity index (χ0n) is 12.0. The number of ether oxygens (including phenoxy) is 1. The fourth-order valence-corrected chi connectivity index (χ4v) is 2.42. The number of anilines is 2. The van der Waals surface area contributed by atoms with E-state index in [0.717, 1.165) is 38.2 Å². The average molecular weight is 277 g/mol. The van der Waals surface area contributed by atoms with Crippen LogP contribution >= 0.6 is 0 Å². The average Bonchev–Trinajstić information content (AvgIpc) is 2.48. The summed E-state index contributed by atoms with van der Waals surface area (Å²) in [6, 6.07) is 7.20. The minimum absolute atomic E-state index is 0.0450. The number of rotatable bonds is 5. The van der Waals surface area contributed by atoms with Gasteiger partial charge in [0.25, 0.3) is 0 Å². The smallest absolute Gasteiger partial charge is 0.225 e. The molecule has 1 aliphatic heterocycles. The maximum atomic E-state index is 11.9. The van der Waals surface area contributed by atoms with E-state index in [1.54, 1.807) is 19.2 Å². The maximum Gasteiger partial charge on any atom is 0.225 e. The summed E-state index contributed by atoms with van der Waals surface area (Å²) in [6.07, 6.45) is 3.00. The van der Waals surface area contributed by atoms with Crippen molar-refractivity contribution in [2.75, 3.05) is 37.8 Å². The van der Waals surface area contributed by atoms with Crippen molar-refractivity contribution < 1.29 is 9.53 Å². The van der Waals surface area contributed by atoms with Crippen LogP contribution in [0.5, 0.6) is 0 Å². The molecular formula is C15H23N3O2. The van der Waals surface area contributed by atoms with Gasteiger partial charge >= 0.3 is 0 Å². The van der Waals surface area contributed by atoms with Gasteiger partial charge in [0.15, 0.2) is 0 Å². The zero-order chi connectivity index (χ0) is 14.4. The first-order valence-electron chi connectivity index (χ1n) is 7.08. The Morgan fingerprint density at radius 2 is 2.00 bits per heavy atom. The zero-order valence-corrected chi connectivity index (χ0v) is 12.0. The number of piperidine rings is 1. The topological polar surface area (TPSA) is 67.6 Å².